The first-order valence-electron chi connectivity index (χ1n) is 11.3. The van der Waals surface area contributed by atoms with Crippen molar-refractivity contribution in [2.75, 3.05) is 6.61 Å². The lowest BCUT2D eigenvalue weighted by Crippen LogP contribution is -2.26. The zero-order valence-corrected chi connectivity index (χ0v) is 17.8. The van der Waals surface area contributed by atoms with Gasteiger partial charge in [0.2, 0.25) is 0 Å². The van der Waals surface area contributed by atoms with Crippen molar-refractivity contribution in [3.05, 3.63) is 29.3 Å². The summed E-state index contributed by atoms with van der Waals surface area (Å²) < 4.78 is 9.91. The average molecular weight is 419 g/mol. The van der Waals surface area contributed by atoms with Crippen molar-refractivity contribution >= 4 is 12.1 Å². The topological polar surface area (TPSA) is 93.1 Å². The van der Waals surface area contributed by atoms with E-state index in [2.05, 4.69) is 17.7 Å². The van der Waals surface area contributed by atoms with Crippen LogP contribution in [0.4, 0.5) is 4.79 Å². The zero-order valence-electron chi connectivity index (χ0n) is 17.8. The summed E-state index contributed by atoms with van der Waals surface area (Å²) in [7, 11) is 0. The van der Waals surface area contributed by atoms with Crippen LogP contribution in [0.5, 0.6) is 5.75 Å². The highest BCUT2D eigenvalue weighted by molar-refractivity contribution is 5.72. The molecule has 4 atom stereocenters. The van der Waals surface area contributed by atoms with Crippen LogP contribution in [0.15, 0.2) is 18.2 Å². The second-order valence-corrected chi connectivity index (χ2v) is 8.82. The summed E-state index contributed by atoms with van der Waals surface area (Å²) >= 11 is 0. The third kappa shape index (κ3) is 5.97. The first-order chi connectivity index (χ1) is 14.5. The van der Waals surface area contributed by atoms with Crippen LogP contribution in [-0.4, -0.2) is 35.0 Å². The van der Waals surface area contributed by atoms with Gasteiger partial charge in [0.05, 0.1) is 6.10 Å². The Hall–Kier alpha value is -2.08. The number of carbonyl (C=O) groups excluding carboxylic acids is 1. The summed E-state index contributed by atoms with van der Waals surface area (Å²) in [5.74, 6) is 1.11. The minimum absolute atomic E-state index is 0.178. The molecule has 2 aliphatic carbocycles. The van der Waals surface area contributed by atoms with Crippen molar-refractivity contribution in [1.82, 2.24) is 0 Å². The Bertz CT molecular complexity index is 730. The lowest BCUT2D eigenvalue weighted by Gasteiger charge is -2.32. The maximum Gasteiger partial charge on any atom is 0.514 e. The fourth-order valence-electron chi connectivity index (χ4n) is 5.25. The van der Waals surface area contributed by atoms with Crippen LogP contribution in [0.3, 0.4) is 0 Å². The molecule has 6 nitrogen and oxygen atoms in total. The lowest BCUT2D eigenvalue weighted by atomic mass is 9.73. The third-order valence-electron chi connectivity index (χ3n) is 6.79. The minimum atomic E-state index is -1.21. The molecule has 4 unspecified atom stereocenters. The quantitative estimate of drug-likeness (QED) is 0.324. The van der Waals surface area contributed by atoms with E-state index in [9.17, 15) is 14.7 Å². The molecule has 0 saturated heterocycles. The highest BCUT2D eigenvalue weighted by Gasteiger charge is 2.40. The minimum Gasteiger partial charge on any atom is -0.479 e. The van der Waals surface area contributed by atoms with Gasteiger partial charge in [-0.1, -0.05) is 38.3 Å². The number of ether oxygens (including phenoxy) is 2. The molecule has 1 aromatic carbocycles. The number of benzene rings is 1. The Kier molecular flexibility index (Phi) is 8.14. The summed E-state index contributed by atoms with van der Waals surface area (Å²) in [4.78, 5) is 22.4. The summed E-state index contributed by atoms with van der Waals surface area (Å²) in [6, 6.07) is 5.72. The fourth-order valence-corrected chi connectivity index (χ4v) is 5.25. The average Bonchev–Trinajstić information content (AvgIpc) is 3.11. The first-order valence-corrected chi connectivity index (χ1v) is 11.3. The normalized spacial score (nSPS) is 23.3. The predicted molar refractivity (Wildman–Crippen MR) is 113 cm³/mol. The summed E-state index contributed by atoms with van der Waals surface area (Å²) in [6.07, 6.45) is 9.42. The molecule has 0 spiro atoms. The van der Waals surface area contributed by atoms with Gasteiger partial charge < -0.3 is 19.7 Å². The number of carbonyl (C=O) groups is 2. The zero-order chi connectivity index (χ0) is 21.5. The second kappa shape index (κ2) is 10.8. The maximum absolute atomic E-state index is 11.8. The van der Waals surface area contributed by atoms with E-state index in [1.54, 1.807) is 6.07 Å². The standard InChI is InChI=1S/C24H34O6/c1-2-3-4-7-19(25)12-11-16-9-10-18-14-21-17(13-20(16)18)6-5-8-22(21)30-24(28)29-15-23(26)27/h5-6,8,16,18-20,25H,2-4,7,9-15H2,1H3,(H,26,27). The van der Waals surface area contributed by atoms with Gasteiger partial charge in [-0.05, 0) is 79.9 Å². The molecule has 2 aliphatic rings. The third-order valence-corrected chi connectivity index (χ3v) is 6.79. The number of hydrogen-bond donors (Lipinski definition) is 2. The molecule has 3 rings (SSSR count). The van der Waals surface area contributed by atoms with Crippen molar-refractivity contribution in [2.24, 2.45) is 17.8 Å². The Labute approximate surface area is 178 Å². The van der Waals surface area contributed by atoms with Gasteiger partial charge in [-0.25, -0.2) is 9.59 Å². The number of aliphatic hydroxyl groups is 1. The number of carboxylic acids is 1. The van der Waals surface area contributed by atoms with Gasteiger partial charge in [0, 0.05) is 0 Å². The predicted octanol–water partition coefficient (Wildman–Crippen LogP) is 4.75. The number of aliphatic carboxylic acids is 1. The Morgan fingerprint density at radius 2 is 2.00 bits per heavy atom. The van der Waals surface area contributed by atoms with Crippen molar-refractivity contribution in [3.8, 4) is 5.75 Å². The number of unbranched alkanes of at least 4 members (excludes halogenated alkanes) is 2. The second-order valence-electron chi connectivity index (χ2n) is 8.82. The molecule has 1 aromatic rings. The monoisotopic (exact) mass is 418 g/mol. The van der Waals surface area contributed by atoms with Crippen LogP contribution in [0.1, 0.15) is 69.4 Å². The van der Waals surface area contributed by atoms with E-state index in [1.807, 2.05) is 6.07 Å². The van der Waals surface area contributed by atoms with Crippen molar-refractivity contribution in [2.45, 2.75) is 77.2 Å². The summed E-state index contributed by atoms with van der Waals surface area (Å²) in [5, 5.41) is 18.9. The van der Waals surface area contributed by atoms with Crippen LogP contribution in [0.2, 0.25) is 0 Å². The Balaban J connectivity index is 1.57. The molecule has 6 heteroatoms. The Morgan fingerprint density at radius 3 is 2.77 bits per heavy atom. The molecule has 1 fully saturated rings. The molecule has 30 heavy (non-hydrogen) atoms. The molecule has 2 N–H and O–H groups in total. The van der Waals surface area contributed by atoms with Gasteiger partial charge in [-0.15, -0.1) is 0 Å². The molecule has 0 aromatic heterocycles. The van der Waals surface area contributed by atoms with E-state index in [1.165, 1.54) is 31.2 Å². The summed E-state index contributed by atoms with van der Waals surface area (Å²) in [5.41, 5.74) is 2.25. The van der Waals surface area contributed by atoms with E-state index in [0.29, 0.717) is 23.5 Å². The SMILES string of the molecule is CCCCCC(O)CCC1CCC2Cc3c(cccc3OC(=O)OCC(=O)O)CC12. The van der Waals surface area contributed by atoms with Crippen LogP contribution in [-0.2, 0) is 22.4 Å². The van der Waals surface area contributed by atoms with Crippen molar-refractivity contribution in [1.29, 1.82) is 0 Å². The van der Waals surface area contributed by atoms with Crippen LogP contribution < -0.4 is 4.74 Å². The van der Waals surface area contributed by atoms with E-state index in [0.717, 1.165) is 44.1 Å². The molecular weight excluding hydrogens is 384 g/mol. The van der Waals surface area contributed by atoms with Gasteiger partial charge in [0.1, 0.15) is 5.75 Å². The van der Waals surface area contributed by atoms with Gasteiger partial charge >= 0.3 is 12.1 Å². The maximum atomic E-state index is 11.8. The van der Waals surface area contributed by atoms with Gasteiger partial charge in [-0.2, -0.15) is 0 Å². The van der Waals surface area contributed by atoms with Gasteiger partial charge in [-0.3, -0.25) is 0 Å². The highest BCUT2D eigenvalue weighted by Crippen LogP contribution is 2.48. The highest BCUT2D eigenvalue weighted by atomic mass is 16.7. The largest absolute Gasteiger partial charge is 0.514 e. The molecular formula is C24H34O6. The van der Waals surface area contributed by atoms with E-state index in [4.69, 9.17) is 9.84 Å². The van der Waals surface area contributed by atoms with Crippen LogP contribution in [0.25, 0.3) is 0 Å². The molecule has 166 valence electrons. The summed E-state index contributed by atoms with van der Waals surface area (Å²) in [6.45, 7) is 1.48. The van der Waals surface area contributed by atoms with Gasteiger partial charge in [0.15, 0.2) is 6.61 Å². The van der Waals surface area contributed by atoms with E-state index >= 15 is 0 Å². The van der Waals surface area contributed by atoms with Crippen LogP contribution in [0, 0.1) is 17.8 Å². The molecule has 1 saturated carbocycles. The smallest absolute Gasteiger partial charge is 0.479 e. The molecule has 0 radical (unpaired) electrons. The number of rotatable bonds is 10. The Morgan fingerprint density at radius 1 is 1.17 bits per heavy atom. The van der Waals surface area contributed by atoms with Crippen molar-refractivity contribution in [3.63, 3.8) is 0 Å². The molecule has 0 aliphatic heterocycles. The van der Waals surface area contributed by atoms with E-state index in [-0.39, 0.29) is 6.10 Å². The first kappa shape index (κ1) is 22.6. The fraction of sp³-hybridized carbons (Fsp3) is 0.667. The molecule has 0 heterocycles. The number of carboxylic acid groups (broad SMARTS) is 1. The van der Waals surface area contributed by atoms with E-state index < -0.39 is 18.7 Å². The number of aliphatic hydroxyl groups excluding tert-OH is 1. The number of fused-ring (bicyclic) bond motifs is 2. The lowest BCUT2D eigenvalue weighted by molar-refractivity contribution is -0.140. The molecule has 0 bridgehead atoms. The molecule has 0 amide bonds. The van der Waals surface area contributed by atoms with Crippen molar-refractivity contribution < 1.29 is 29.3 Å². The van der Waals surface area contributed by atoms with Gasteiger partial charge in [0.25, 0.3) is 0 Å². The van der Waals surface area contributed by atoms with Crippen LogP contribution >= 0.6 is 0 Å². The number of hydrogen-bond acceptors (Lipinski definition) is 5.